The van der Waals surface area contributed by atoms with E-state index in [1.54, 1.807) is 0 Å². The summed E-state index contributed by atoms with van der Waals surface area (Å²) in [4.78, 5) is 3.11. The van der Waals surface area contributed by atoms with E-state index in [1.165, 1.54) is 0 Å². The number of benzene rings is 3. The first-order valence-electron chi connectivity index (χ1n) is 8.48. The summed E-state index contributed by atoms with van der Waals surface area (Å²) in [5, 5.41) is 11.6. The second-order valence-corrected chi connectivity index (χ2v) is 6.66. The third-order valence-corrected chi connectivity index (χ3v) is 4.81. The van der Waals surface area contributed by atoms with Crippen molar-refractivity contribution in [3.05, 3.63) is 107 Å². The highest BCUT2D eigenvalue weighted by Crippen LogP contribution is 2.33. The van der Waals surface area contributed by atoms with E-state index in [4.69, 9.17) is 11.6 Å². The lowest BCUT2D eigenvalue weighted by molar-refractivity contribution is 0.221. The van der Waals surface area contributed by atoms with Crippen LogP contribution in [-0.4, -0.2) is 10.1 Å². The van der Waals surface area contributed by atoms with E-state index >= 15 is 0 Å². The van der Waals surface area contributed by atoms with Gasteiger partial charge in [-0.05, 0) is 34.4 Å². The van der Waals surface area contributed by atoms with Crippen LogP contribution in [0, 0.1) is 0 Å². The number of hydrogen-bond donors (Lipinski definition) is 2. The van der Waals surface area contributed by atoms with Gasteiger partial charge in [0.2, 0.25) is 0 Å². The van der Waals surface area contributed by atoms with Crippen molar-refractivity contribution in [2.45, 2.75) is 6.10 Å². The number of aliphatic hydroxyl groups is 1. The number of aliphatic hydroxyl groups excluding tert-OH is 1. The first-order valence-corrected chi connectivity index (χ1v) is 8.86. The van der Waals surface area contributed by atoms with Crippen LogP contribution in [0.25, 0.3) is 22.3 Å². The maximum Gasteiger partial charge on any atom is 0.106 e. The Morgan fingerprint density at radius 1 is 0.692 bits per heavy atom. The van der Waals surface area contributed by atoms with Crippen molar-refractivity contribution < 1.29 is 5.11 Å². The lowest BCUT2D eigenvalue weighted by Crippen LogP contribution is -2.00. The fraction of sp³-hybridized carbons (Fsp3) is 0.0435. The van der Waals surface area contributed by atoms with Gasteiger partial charge in [0, 0.05) is 28.5 Å². The minimum Gasteiger partial charge on any atom is -0.384 e. The number of halogens is 1. The molecule has 0 saturated carbocycles. The molecule has 3 heteroatoms. The van der Waals surface area contributed by atoms with E-state index in [0.29, 0.717) is 5.02 Å². The van der Waals surface area contributed by atoms with Crippen LogP contribution in [0.5, 0.6) is 0 Å². The molecule has 4 rings (SSSR count). The summed E-state index contributed by atoms with van der Waals surface area (Å²) in [5.74, 6) is 0. The molecule has 26 heavy (non-hydrogen) atoms. The van der Waals surface area contributed by atoms with Crippen molar-refractivity contribution >= 4 is 11.6 Å². The van der Waals surface area contributed by atoms with Crippen LogP contribution in [0.1, 0.15) is 17.2 Å². The third kappa shape index (κ3) is 3.30. The molecule has 2 N–H and O–H groups in total. The second-order valence-electron chi connectivity index (χ2n) is 6.22. The predicted octanol–water partition coefficient (Wildman–Crippen LogP) is 6.08. The van der Waals surface area contributed by atoms with E-state index in [9.17, 15) is 5.11 Å². The number of hydrogen-bond acceptors (Lipinski definition) is 1. The molecule has 0 saturated heterocycles. The van der Waals surface area contributed by atoms with Crippen LogP contribution in [0.3, 0.4) is 0 Å². The molecule has 0 aliphatic heterocycles. The molecule has 0 radical (unpaired) electrons. The van der Waals surface area contributed by atoms with Gasteiger partial charge < -0.3 is 10.1 Å². The maximum atomic E-state index is 10.9. The Hall–Kier alpha value is -2.81. The number of aromatic amines is 1. The summed E-state index contributed by atoms with van der Waals surface area (Å²) in [7, 11) is 0. The minimum atomic E-state index is -0.697. The van der Waals surface area contributed by atoms with Gasteiger partial charge in [-0.25, -0.2) is 0 Å². The van der Waals surface area contributed by atoms with Crippen LogP contribution in [0.4, 0.5) is 0 Å². The Labute approximate surface area is 157 Å². The van der Waals surface area contributed by atoms with Crippen LogP contribution in [0.15, 0.2) is 91.3 Å². The molecule has 128 valence electrons. The first kappa shape index (κ1) is 16.6. The predicted molar refractivity (Wildman–Crippen MR) is 107 cm³/mol. The van der Waals surface area contributed by atoms with E-state index in [-0.39, 0.29) is 0 Å². The highest BCUT2D eigenvalue weighted by molar-refractivity contribution is 6.30. The second kappa shape index (κ2) is 7.20. The Morgan fingerprint density at radius 3 is 2.00 bits per heavy atom. The molecular weight excluding hydrogens is 342 g/mol. The Kier molecular flexibility index (Phi) is 4.61. The fourth-order valence-corrected chi connectivity index (χ4v) is 3.28. The molecule has 0 amide bonds. The van der Waals surface area contributed by atoms with Gasteiger partial charge in [0.05, 0.1) is 0 Å². The Morgan fingerprint density at radius 2 is 1.31 bits per heavy atom. The van der Waals surface area contributed by atoms with Gasteiger partial charge in [-0.1, -0.05) is 78.3 Å². The molecule has 2 nitrogen and oxygen atoms in total. The molecule has 1 aromatic heterocycles. The van der Waals surface area contributed by atoms with Gasteiger partial charge in [0.15, 0.2) is 0 Å². The van der Waals surface area contributed by atoms with Crippen LogP contribution >= 0.6 is 11.6 Å². The minimum absolute atomic E-state index is 0.697. The highest BCUT2D eigenvalue weighted by Gasteiger charge is 2.16. The van der Waals surface area contributed by atoms with E-state index in [1.807, 2.05) is 79.1 Å². The average Bonchev–Trinajstić information content (AvgIpc) is 3.19. The largest absolute Gasteiger partial charge is 0.384 e. The first-order chi connectivity index (χ1) is 12.7. The molecule has 0 bridgehead atoms. The van der Waals surface area contributed by atoms with Crippen molar-refractivity contribution in [2.75, 3.05) is 0 Å². The quantitative estimate of drug-likeness (QED) is 0.455. The standard InChI is InChI=1S/C23H18ClNO/c24-20-12-10-18(11-13-20)21-14-25-15-22(21)23(26)19-8-6-17(7-9-19)16-4-2-1-3-5-16/h1-15,23,25-26H. The lowest BCUT2D eigenvalue weighted by Gasteiger charge is -2.13. The number of H-pyrrole nitrogens is 1. The summed E-state index contributed by atoms with van der Waals surface area (Å²) in [6.45, 7) is 0. The Bertz CT molecular complexity index is 989. The van der Waals surface area contributed by atoms with Crippen molar-refractivity contribution in [3.8, 4) is 22.3 Å². The molecule has 4 aromatic rings. The maximum absolute atomic E-state index is 10.9. The zero-order valence-corrected chi connectivity index (χ0v) is 14.8. The van der Waals surface area contributed by atoms with E-state index in [0.717, 1.165) is 33.4 Å². The van der Waals surface area contributed by atoms with Crippen molar-refractivity contribution in [2.24, 2.45) is 0 Å². The van der Waals surface area contributed by atoms with Crippen molar-refractivity contribution in [1.29, 1.82) is 0 Å². The number of aromatic nitrogens is 1. The molecule has 0 fully saturated rings. The fourth-order valence-electron chi connectivity index (χ4n) is 3.15. The summed E-state index contributed by atoms with van der Waals surface area (Å²) >= 11 is 5.98. The summed E-state index contributed by atoms with van der Waals surface area (Å²) in [6.07, 6.45) is 3.05. The average molecular weight is 360 g/mol. The van der Waals surface area contributed by atoms with Gasteiger partial charge in [0.25, 0.3) is 0 Å². The number of rotatable bonds is 4. The van der Waals surface area contributed by atoms with Gasteiger partial charge in [0.1, 0.15) is 6.10 Å². The monoisotopic (exact) mass is 359 g/mol. The molecule has 1 unspecified atom stereocenters. The van der Waals surface area contributed by atoms with E-state index in [2.05, 4.69) is 17.1 Å². The molecule has 1 atom stereocenters. The molecule has 1 heterocycles. The smallest absolute Gasteiger partial charge is 0.106 e. The van der Waals surface area contributed by atoms with Crippen LogP contribution in [0.2, 0.25) is 5.02 Å². The molecule has 0 aliphatic rings. The Balaban J connectivity index is 1.63. The summed E-state index contributed by atoms with van der Waals surface area (Å²) < 4.78 is 0. The zero-order chi connectivity index (χ0) is 17.9. The van der Waals surface area contributed by atoms with Crippen LogP contribution in [-0.2, 0) is 0 Å². The topological polar surface area (TPSA) is 36.0 Å². The summed E-state index contributed by atoms with van der Waals surface area (Å²) in [6, 6.07) is 25.9. The lowest BCUT2D eigenvalue weighted by atomic mass is 9.95. The normalized spacial score (nSPS) is 12.1. The SMILES string of the molecule is OC(c1ccc(-c2ccccc2)cc1)c1c[nH]cc1-c1ccc(Cl)cc1. The van der Waals surface area contributed by atoms with Crippen LogP contribution < -0.4 is 0 Å². The molecule has 0 spiro atoms. The summed E-state index contributed by atoms with van der Waals surface area (Å²) in [5.41, 5.74) is 6.00. The molecule has 0 aliphatic carbocycles. The van der Waals surface area contributed by atoms with Gasteiger partial charge in [-0.3, -0.25) is 0 Å². The van der Waals surface area contributed by atoms with Crippen molar-refractivity contribution in [1.82, 2.24) is 4.98 Å². The molecule has 3 aromatic carbocycles. The molecular formula is C23H18ClNO. The zero-order valence-electron chi connectivity index (χ0n) is 14.1. The highest BCUT2D eigenvalue weighted by atomic mass is 35.5. The van der Waals surface area contributed by atoms with Gasteiger partial charge in [-0.15, -0.1) is 0 Å². The van der Waals surface area contributed by atoms with Crippen molar-refractivity contribution in [3.63, 3.8) is 0 Å². The van der Waals surface area contributed by atoms with Gasteiger partial charge >= 0.3 is 0 Å². The number of nitrogens with one attached hydrogen (secondary N) is 1. The third-order valence-electron chi connectivity index (χ3n) is 4.56. The van der Waals surface area contributed by atoms with Gasteiger partial charge in [-0.2, -0.15) is 0 Å². The van der Waals surface area contributed by atoms with E-state index < -0.39 is 6.10 Å².